The summed E-state index contributed by atoms with van der Waals surface area (Å²) in [7, 11) is 0. The van der Waals surface area contributed by atoms with Crippen LogP contribution in [0.2, 0.25) is 0 Å². The van der Waals surface area contributed by atoms with Crippen molar-refractivity contribution in [1.82, 2.24) is 0 Å². The highest BCUT2D eigenvalue weighted by molar-refractivity contribution is 5.80. The standard InChI is InChI=1S/C11H22N2O/c1-2-4-11(12)13-7-3-8-14-9-10-5-6-10/h10H,2-9H2,1H3,(H2,12,13). The molecule has 2 N–H and O–H groups in total. The zero-order valence-electron chi connectivity index (χ0n) is 9.17. The first kappa shape index (κ1) is 11.5. The number of nitrogens with zero attached hydrogens (tertiary/aromatic N) is 1. The fourth-order valence-corrected chi connectivity index (χ4v) is 1.26. The number of hydrogen-bond donors (Lipinski definition) is 1. The largest absolute Gasteiger partial charge is 0.387 e. The summed E-state index contributed by atoms with van der Waals surface area (Å²) < 4.78 is 5.49. The molecule has 1 rings (SSSR count). The number of rotatable bonds is 8. The van der Waals surface area contributed by atoms with Crippen LogP contribution < -0.4 is 5.73 Å². The first-order valence-corrected chi connectivity index (χ1v) is 5.69. The van der Waals surface area contributed by atoms with Crippen LogP contribution in [0.3, 0.4) is 0 Å². The van der Waals surface area contributed by atoms with Crippen molar-refractivity contribution in [3.8, 4) is 0 Å². The second kappa shape index (κ2) is 6.82. The van der Waals surface area contributed by atoms with Gasteiger partial charge in [0.05, 0.1) is 5.84 Å². The van der Waals surface area contributed by atoms with E-state index in [9.17, 15) is 0 Å². The number of nitrogens with two attached hydrogens (primary N) is 1. The molecule has 0 aromatic heterocycles. The zero-order valence-corrected chi connectivity index (χ0v) is 9.17. The van der Waals surface area contributed by atoms with Crippen molar-refractivity contribution in [3.63, 3.8) is 0 Å². The Bertz CT molecular complexity index is 176. The molecule has 1 fully saturated rings. The zero-order chi connectivity index (χ0) is 10.2. The van der Waals surface area contributed by atoms with Gasteiger partial charge in [0.1, 0.15) is 0 Å². The lowest BCUT2D eigenvalue weighted by atomic mass is 10.3. The Morgan fingerprint density at radius 2 is 2.29 bits per heavy atom. The van der Waals surface area contributed by atoms with Gasteiger partial charge in [0.25, 0.3) is 0 Å². The van der Waals surface area contributed by atoms with E-state index in [0.717, 1.165) is 50.8 Å². The smallest absolute Gasteiger partial charge is 0.0936 e. The molecule has 0 aromatic carbocycles. The quantitative estimate of drug-likeness (QED) is 0.368. The molecule has 0 aromatic rings. The van der Waals surface area contributed by atoms with Crippen LogP contribution in [0.15, 0.2) is 4.99 Å². The van der Waals surface area contributed by atoms with E-state index in [1.165, 1.54) is 12.8 Å². The van der Waals surface area contributed by atoms with Gasteiger partial charge in [-0.1, -0.05) is 6.92 Å². The molecule has 0 aliphatic heterocycles. The van der Waals surface area contributed by atoms with Crippen molar-refractivity contribution in [2.45, 2.75) is 39.0 Å². The highest BCUT2D eigenvalue weighted by atomic mass is 16.5. The van der Waals surface area contributed by atoms with E-state index in [4.69, 9.17) is 10.5 Å². The van der Waals surface area contributed by atoms with Crippen molar-refractivity contribution in [2.24, 2.45) is 16.6 Å². The molecule has 0 unspecified atom stereocenters. The van der Waals surface area contributed by atoms with E-state index >= 15 is 0 Å². The molecule has 0 bridgehead atoms. The van der Waals surface area contributed by atoms with Gasteiger partial charge < -0.3 is 10.5 Å². The summed E-state index contributed by atoms with van der Waals surface area (Å²) in [6.07, 6.45) is 5.72. The molecule has 3 nitrogen and oxygen atoms in total. The van der Waals surface area contributed by atoms with Crippen LogP contribution in [0.1, 0.15) is 39.0 Å². The number of amidine groups is 1. The van der Waals surface area contributed by atoms with E-state index in [2.05, 4.69) is 11.9 Å². The second-order valence-electron chi connectivity index (χ2n) is 3.99. The maximum Gasteiger partial charge on any atom is 0.0936 e. The lowest BCUT2D eigenvalue weighted by Gasteiger charge is -2.01. The molecule has 0 saturated heterocycles. The normalized spacial score (nSPS) is 17.4. The Morgan fingerprint density at radius 3 is 2.93 bits per heavy atom. The predicted molar refractivity (Wildman–Crippen MR) is 59.6 cm³/mol. The highest BCUT2D eigenvalue weighted by Gasteiger charge is 2.20. The van der Waals surface area contributed by atoms with Crippen molar-refractivity contribution in [2.75, 3.05) is 19.8 Å². The van der Waals surface area contributed by atoms with Crippen LogP contribution >= 0.6 is 0 Å². The minimum atomic E-state index is 0.787. The molecule has 0 radical (unpaired) electrons. The molecule has 14 heavy (non-hydrogen) atoms. The Morgan fingerprint density at radius 1 is 1.50 bits per heavy atom. The van der Waals surface area contributed by atoms with Gasteiger partial charge in [-0.15, -0.1) is 0 Å². The summed E-state index contributed by atoms with van der Waals surface area (Å²) in [6, 6.07) is 0. The summed E-state index contributed by atoms with van der Waals surface area (Å²) >= 11 is 0. The Hall–Kier alpha value is -0.570. The fourth-order valence-electron chi connectivity index (χ4n) is 1.26. The van der Waals surface area contributed by atoms with Crippen molar-refractivity contribution in [1.29, 1.82) is 0 Å². The van der Waals surface area contributed by atoms with Crippen molar-refractivity contribution < 1.29 is 4.74 Å². The molecule has 1 aliphatic carbocycles. The molecule has 0 atom stereocenters. The summed E-state index contributed by atoms with van der Waals surface area (Å²) in [5.74, 6) is 1.65. The number of aliphatic imine (C=N–C) groups is 1. The second-order valence-corrected chi connectivity index (χ2v) is 3.99. The van der Waals surface area contributed by atoms with Crippen LogP contribution in [-0.4, -0.2) is 25.6 Å². The highest BCUT2D eigenvalue weighted by Crippen LogP contribution is 2.28. The SMILES string of the molecule is CCCC(N)=NCCCOCC1CC1. The lowest BCUT2D eigenvalue weighted by Crippen LogP contribution is -2.12. The van der Waals surface area contributed by atoms with E-state index in [1.807, 2.05) is 0 Å². The third-order valence-electron chi connectivity index (χ3n) is 2.32. The third-order valence-corrected chi connectivity index (χ3v) is 2.32. The van der Waals surface area contributed by atoms with Gasteiger partial charge in [-0.2, -0.15) is 0 Å². The predicted octanol–water partition coefficient (Wildman–Crippen LogP) is 1.96. The van der Waals surface area contributed by atoms with Crippen LogP contribution in [0.25, 0.3) is 0 Å². The van der Waals surface area contributed by atoms with Gasteiger partial charge in [0, 0.05) is 26.2 Å². The average Bonchev–Trinajstić information content (AvgIpc) is 2.95. The molecular formula is C11H22N2O. The van der Waals surface area contributed by atoms with Gasteiger partial charge in [-0.3, -0.25) is 4.99 Å². The first-order chi connectivity index (χ1) is 6.83. The van der Waals surface area contributed by atoms with Gasteiger partial charge in [0.2, 0.25) is 0 Å². The molecule has 82 valence electrons. The van der Waals surface area contributed by atoms with Crippen molar-refractivity contribution in [3.05, 3.63) is 0 Å². The molecular weight excluding hydrogens is 176 g/mol. The monoisotopic (exact) mass is 198 g/mol. The summed E-state index contributed by atoms with van der Waals surface area (Å²) in [5, 5.41) is 0. The lowest BCUT2D eigenvalue weighted by molar-refractivity contribution is 0.123. The van der Waals surface area contributed by atoms with Crippen molar-refractivity contribution >= 4 is 5.84 Å². The molecule has 0 spiro atoms. The molecule has 1 aliphatic rings. The van der Waals surface area contributed by atoms with Crippen LogP contribution in [-0.2, 0) is 4.74 Å². The summed E-state index contributed by atoms with van der Waals surface area (Å²) in [4.78, 5) is 4.26. The van der Waals surface area contributed by atoms with Gasteiger partial charge in [-0.05, 0) is 31.6 Å². The van der Waals surface area contributed by atoms with Crippen LogP contribution in [0.4, 0.5) is 0 Å². The van der Waals surface area contributed by atoms with Crippen LogP contribution in [0.5, 0.6) is 0 Å². The number of hydrogen-bond acceptors (Lipinski definition) is 2. The van der Waals surface area contributed by atoms with Gasteiger partial charge in [0.15, 0.2) is 0 Å². The Balaban J connectivity index is 1.84. The van der Waals surface area contributed by atoms with Gasteiger partial charge in [-0.25, -0.2) is 0 Å². The molecule has 3 heteroatoms. The third kappa shape index (κ3) is 5.97. The Labute approximate surface area is 86.7 Å². The van der Waals surface area contributed by atoms with E-state index in [-0.39, 0.29) is 0 Å². The maximum atomic E-state index is 5.67. The minimum absolute atomic E-state index is 0.787. The number of ether oxygens (including phenoxy) is 1. The molecule has 0 heterocycles. The molecule has 0 amide bonds. The Kier molecular flexibility index (Phi) is 5.60. The topological polar surface area (TPSA) is 47.6 Å². The summed E-state index contributed by atoms with van der Waals surface area (Å²) in [5.41, 5.74) is 5.67. The summed E-state index contributed by atoms with van der Waals surface area (Å²) in [6.45, 7) is 4.71. The fraction of sp³-hybridized carbons (Fsp3) is 0.909. The van der Waals surface area contributed by atoms with Gasteiger partial charge >= 0.3 is 0 Å². The molecule has 1 saturated carbocycles. The maximum absolute atomic E-state index is 5.67. The van der Waals surface area contributed by atoms with E-state index < -0.39 is 0 Å². The van der Waals surface area contributed by atoms with E-state index in [0.29, 0.717) is 0 Å². The first-order valence-electron chi connectivity index (χ1n) is 5.69. The van der Waals surface area contributed by atoms with E-state index in [1.54, 1.807) is 0 Å². The van der Waals surface area contributed by atoms with Crippen LogP contribution in [0, 0.1) is 5.92 Å². The average molecular weight is 198 g/mol. The minimum Gasteiger partial charge on any atom is -0.387 e.